The Morgan fingerprint density at radius 3 is 2.31 bits per heavy atom. The van der Waals surface area contributed by atoms with Crippen molar-refractivity contribution in [2.45, 2.75) is 27.2 Å². The van der Waals surface area contributed by atoms with Gasteiger partial charge in [0.05, 0.1) is 43.4 Å². The van der Waals surface area contributed by atoms with E-state index in [0.717, 1.165) is 17.8 Å². The molecule has 39 heavy (non-hydrogen) atoms. The van der Waals surface area contributed by atoms with Crippen molar-refractivity contribution in [1.82, 2.24) is 4.90 Å². The Morgan fingerprint density at radius 2 is 1.72 bits per heavy atom. The minimum atomic E-state index is -3.91. The average molecular weight is 577 g/mol. The van der Waals surface area contributed by atoms with Gasteiger partial charge in [0, 0.05) is 25.3 Å². The van der Waals surface area contributed by atoms with Gasteiger partial charge in [-0.1, -0.05) is 0 Å². The lowest BCUT2D eigenvalue weighted by Crippen LogP contribution is -2.28. The summed E-state index contributed by atoms with van der Waals surface area (Å²) < 4.78 is 41.6. The average Bonchev–Trinajstić information content (AvgIpc) is 3.20. The molecule has 1 aromatic carbocycles. The summed E-state index contributed by atoms with van der Waals surface area (Å²) in [5.41, 5.74) is 3.71. The molecular formula is C26H36N6O5S2. The zero-order valence-corrected chi connectivity index (χ0v) is 24.5. The number of hydrogen-bond donors (Lipinski definition) is 1. The molecule has 11 nitrogen and oxygen atoms in total. The lowest BCUT2D eigenvalue weighted by Gasteiger charge is -2.23. The van der Waals surface area contributed by atoms with Crippen molar-refractivity contribution in [3.05, 3.63) is 39.8 Å². The Morgan fingerprint density at radius 1 is 1.03 bits per heavy atom. The number of aryl methyl sites for hydroxylation is 1. The highest BCUT2D eigenvalue weighted by atomic mass is 32.2. The van der Waals surface area contributed by atoms with E-state index in [0.29, 0.717) is 79.2 Å². The van der Waals surface area contributed by atoms with Crippen LogP contribution in [0.1, 0.15) is 34.9 Å². The monoisotopic (exact) mass is 576 g/mol. The van der Waals surface area contributed by atoms with E-state index in [1.54, 1.807) is 6.92 Å². The number of azo groups is 1. The predicted molar refractivity (Wildman–Crippen MR) is 152 cm³/mol. The lowest BCUT2D eigenvalue weighted by molar-refractivity contribution is 0.0432. The molecule has 0 aliphatic rings. The maximum absolute atomic E-state index is 10.7. The van der Waals surface area contributed by atoms with Crippen LogP contribution in [0.4, 0.5) is 16.4 Å². The lowest BCUT2D eigenvalue weighted by atomic mass is 10.1. The number of anilines is 1. The van der Waals surface area contributed by atoms with E-state index >= 15 is 0 Å². The molecule has 0 amide bonds. The first-order chi connectivity index (χ1) is 18.6. The standard InChI is InChI=1S/C26H36N6O5S2/c1-5-32(11-13-37-15-14-36-12-10-31(4)9-6-16-39(33,34)35)22-7-8-24(20(2)17-22)29-30-26-23(18-27)21(3)25(19-28)38-26/h7-8,17H,5-6,9-16H2,1-4H3,(H,33,34,35)/b30-29+. The minimum Gasteiger partial charge on any atom is -0.378 e. The summed E-state index contributed by atoms with van der Waals surface area (Å²) in [5.74, 6) is -0.236. The first-order valence-electron chi connectivity index (χ1n) is 12.6. The number of nitriles is 2. The van der Waals surface area contributed by atoms with Gasteiger partial charge in [0.25, 0.3) is 10.1 Å². The topological polar surface area (TPSA) is 152 Å². The number of likely N-dealkylation sites (N-methyl/N-ethyl adjacent to an activating group) is 2. The van der Waals surface area contributed by atoms with Crippen LogP contribution in [0, 0.1) is 36.5 Å². The minimum absolute atomic E-state index is 0.236. The second-order valence-electron chi connectivity index (χ2n) is 8.88. The molecule has 0 fully saturated rings. The van der Waals surface area contributed by atoms with Crippen LogP contribution in [0.2, 0.25) is 0 Å². The maximum atomic E-state index is 10.7. The van der Waals surface area contributed by atoms with Crippen molar-refractivity contribution in [3.63, 3.8) is 0 Å². The molecule has 13 heteroatoms. The summed E-state index contributed by atoms with van der Waals surface area (Å²) >= 11 is 1.17. The van der Waals surface area contributed by atoms with Crippen molar-refractivity contribution in [1.29, 1.82) is 10.5 Å². The summed E-state index contributed by atoms with van der Waals surface area (Å²) in [5, 5.41) is 27.6. The molecule has 2 rings (SSSR count). The van der Waals surface area contributed by atoms with Gasteiger partial charge >= 0.3 is 0 Å². The summed E-state index contributed by atoms with van der Waals surface area (Å²) in [6, 6.07) is 10.1. The molecule has 1 N–H and O–H groups in total. The third-order valence-electron chi connectivity index (χ3n) is 5.95. The third kappa shape index (κ3) is 11.0. The van der Waals surface area contributed by atoms with E-state index in [4.69, 9.17) is 14.0 Å². The van der Waals surface area contributed by atoms with Crippen LogP contribution in [-0.2, 0) is 19.6 Å². The highest BCUT2D eigenvalue weighted by Gasteiger charge is 2.15. The quantitative estimate of drug-likeness (QED) is 0.162. The molecular weight excluding hydrogens is 540 g/mol. The second-order valence-corrected chi connectivity index (χ2v) is 11.4. The Bertz CT molecular complexity index is 1300. The number of nitrogens with zero attached hydrogens (tertiary/aromatic N) is 6. The first-order valence-corrected chi connectivity index (χ1v) is 15.0. The number of ether oxygens (including phenoxy) is 2. The van der Waals surface area contributed by atoms with Gasteiger partial charge in [-0.05, 0) is 70.1 Å². The molecule has 0 aliphatic carbocycles. The van der Waals surface area contributed by atoms with Crippen molar-refractivity contribution in [2.75, 3.05) is 70.3 Å². The van der Waals surface area contributed by atoms with Crippen molar-refractivity contribution in [2.24, 2.45) is 10.2 Å². The Kier molecular flexibility index (Phi) is 13.5. The smallest absolute Gasteiger partial charge is 0.264 e. The van der Waals surface area contributed by atoms with E-state index in [9.17, 15) is 18.9 Å². The van der Waals surface area contributed by atoms with Crippen LogP contribution in [-0.4, -0.2) is 83.3 Å². The van der Waals surface area contributed by atoms with Gasteiger partial charge in [-0.25, -0.2) is 0 Å². The number of benzene rings is 1. The SMILES string of the molecule is CCN(CCOCCOCCN(C)CCCS(=O)(=O)O)c1ccc(/N=N/c2sc(C#N)c(C)c2C#N)c(C)c1. The molecule has 0 unspecified atom stereocenters. The normalized spacial score (nSPS) is 11.7. The van der Waals surface area contributed by atoms with Crippen molar-refractivity contribution >= 4 is 37.8 Å². The molecule has 0 spiro atoms. The Labute approximate surface area is 235 Å². The van der Waals surface area contributed by atoms with E-state index in [-0.39, 0.29) is 5.75 Å². The largest absolute Gasteiger partial charge is 0.378 e. The second kappa shape index (κ2) is 16.3. The van der Waals surface area contributed by atoms with E-state index in [2.05, 4.69) is 34.2 Å². The number of thiophene rings is 1. The number of rotatable bonds is 17. The van der Waals surface area contributed by atoms with Gasteiger partial charge in [-0.3, -0.25) is 4.55 Å². The Balaban J connectivity index is 1.75. The van der Waals surface area contributed by atoms with Gasteiger partial charge < -0.3 is 19.3 Å². The van der Waals surface area contributed by atoms with Crippen LogP contribution < -0.4 is 4.90 Å². The highest BCUT2D eigenvalue weighted by Crippen LogP contribution is 2.36. The summed E-state index contributed by atoms with van der Waals surface area (Å²) in [7, 11) is -2.03. The zero-order chi connectivity index (χ0) is 28.8. The molecule has 212 valence electrons. The summed E-state index contributed by atoms with van der Waals surface area (Å²) in [6.07, 6.45) is 0.376. The van der Waals surface area contributed by atoms with Crippen LogP contribution in [0.5, 0.6) is 0 Å². The first kappa shape index (κ1) is 32.3. The predicted octanol–water partition coefficient (Wildman–Crippen LogP) is 4.59. The van der Waals surface area contributed by atoms with Crippen LogP contribution in [0.25, 0.3) is 0 Å². The summed E-state index contributed by atoms with van der Waals surface area (Å²) in [4.78, 5) is 4.63. The molecule has 0 radical (unpaired) electrons. The van der Waals surface area contributed by atoms with Crippen molar-refractivity contribution in [3.8, 4) is 12.1 Å². The maximum Gasteiger partial charge on any atom is 0.264 e. The zero-order valence-electron chi connectivity index (χ0n) is 22.9. The molecule has 0 atom stereocenters. The highest BCUT2D eigenvalue weighted by molar-refractivity contribution is 7.85. The van der Waals surface area contributed by atoms with E-state index < -0.39 is 10.1 Å². The van der Waals surface area contributed by atoms with Crippen molar-refractivity contribution < 1.29 is 22.4 Å². The van der Waals surface area contributed by atoms with Gasteiger partial charge in [0.1, 0.15) is 17.0 Å². The third-order valence-corrected chi connectivity index (χ3v) is 7.84. The Hall–Kier alpha value is -2.91. The summed E-state index contributed by atoms with van der Waals surface area (Å²) in [6.45, 7) is 10.5. The van der Waals surface area contributed by atoms with Gasteiger partial charge in [0.15, 0.2) is 5.00 Å². The van der Waals surface area contributed by atoms with Crippen LogP contribution >= 0.6 is 11.3 Å². The van der Waals surface area contributed by atoms with E-state index in [1.165, 1.54) is 11.3 Å². The van der Waals surface area contributed by atoms with Gasteiger partial charge in [-0.2, -0.15) is 18.9 Å². The fourth-order valence-electron chi connectivity index (χ4n) is 3.67. The van der Waals surface area contributed by atoms with Gasteiger partial charge in [-0.15, -0.1) is 21.6 Å². The fraction of sp³-hybridized carbons (Fsp3) is 0.538. The van der Waals surface area contributed by atoms with E-state index in [1.807, 2.05) is 37.1 Å². The van der Waals surface area contributed by atoms with Crippen LogP contribution in [0.15, 0.2) is 28.4 Å². The fourth-order valence-corrected chi connectivity index (χ4v) is 5.04. The van der Waals surface area contributed by atoms with Crippen LogP contribution in [0.3, 0.4) is 0 Å². The molecule has 0 bridgehead atoms. The molecule has 0 aliphatic heterocycles. The molecule has 2 aromatic rings. The van der Waals surface area contributed by atoms with Gasteiger partial charge in [0.2, 0.25) is 0 Å². The molecule has 0 saturated heterocycles. The molecule has 1 heterocycles. The number of hydrogen-bond acceptors (Lipinski definition) is 11. The molecule has 1 aromatic heterocycles. The molecule has 0 saturated carbocycles.